The first-order valence-corrected chi connectivity index (χ1v) is 5.65. The van der Waals surface area contributed by atoms with Gasteiger partial charge in [0.2, 0.25) is 0 Å². The number of carbonyl (C=O) groups excluding carboxylic acids is 1. The molecule has 1 amide bonds. The lowest BCUT2D eigenvalue weighted by Gasteiger charge is -2.38. The number of aromatic nitrogens is 1. The molecule has 2 N–H and O–H groups in total. The van der Waals surface area contributed by atoms with Crippen LogP contribution in [-0.2, 0) is 4.79 Å². The van der Waals surface area contributed by atoms with Crippen molar-refractivity contribution in [2.75, 3.05) is 0 Å². The van der Waals surface area contributed by atoms with Gasteiger partial charge in [0.1, 0.15) is 5.69 Å². The smallest absolute Gasteiger partial charge is 0.311 e. The second kappa shape index (κ2) is 4.76. The van der Waals surface area contributed by atoms with E-state index in [-0.39, 0.29) is 11.6 Å². The van der Waals surface area contributed by atoms with Crippen LogP contribution in [0.5, 0.6) is 0 Å². The minimum Gasteiger partial charge on any atom is -0.481 e. The van der Waals surface area contributed by atoms with E-state index in [1.165, 1.54) is 6.20 Å². The number of hydrogen-bond acceptors (Lipinski definition) is 3. The Balaban J connectivity index is 2.91. The summed E-state index contributed by atoms with van der Waals surface area (Å²) in [7, 11) is 0. The number of amides is 1. The predicted molar refractivity (Wildman–Crippen MR) is 67.2 cm³/mol. The van der Waals surface area contributed by atoms with Crippen molar-refractivity contribution in [1.29, 1.82) is 0 Å². The van der Waals surface area contributed by atoms with Crippen LogP contribution in [0.2, 0.25) is 0 Å². The normalized spacial score (nSPS) is 12.0. The van der Waals surface area contributed by atoms with E-state index in [0.717, 1.165) is 0 Å². The summed E-state index contributed by atoms with van der Waals surface area (Å²) in [5.41, 5.74) is -1.71. The third-order valence-electron chi connectivity index (χ3n) is 3.42. The van der Waals surface area contributed by atoms with Crippen molar-refractivity contribution < 1.29 is 14.7 Å². The largest absolute Gasteiger partial charge is 0.481 e. The van der Waals surface area contributed by atoms with Gasteiger partial charge in [-0.1, -0.05) is 6.07 Å². The van der Waals surface area contributed by atoms with E-state index in [0.29, 0.717) is 0 Å². The SMILES string of the molecule is CC(C)(NC(=O)c1ccccn1)C(C)(C)C(=O)O. The number of aliphatic carboxylic acids is 1. The molecule has 0 aliphatic heterocycles. The Labute approximate surface area is 106 Å². The van der Waals surface area contributed by atoms with E-state index < -0.39 is 16.9 Å². The Hall–Kier alpha value is -1.91. The van der Waals surface area contributed by atoms with Crippen molar-refractivity contribution in [1.82, 2.24) is 10.3 Å². The number of carboxylic acid groups (broad SMARTS) is 1. The predicted octanol–water partition coefficient (Wildman–Crippen LogP) is 1.70. The highest BCUT2D eigenvalue weighted by Crippen LogP contribution is 2.30. The first-order chi connectivity index (χ1) is 8.18. The van der Waals surface area contributed by atoms with E-state index >= 15 is 0 Å². The molecule has 0 radical (unpaired) electrons. The van der Waals surface area contributed by atoms with Gasteiger partial charge in [-0.05, 0) is 39.8 Å². The molecule has 1 aromatic heterocycles. The summed E-state index contributed by atoms with van der Waals surface area (Å²) in [6.45, 7) is 6.52. The molecule has 98 valence electrons. The van der Waals surface area contributed by atoms with Gasteiger partial charge in [-0.25, -0.2) is 0 Å². The lowest BCUT2D eigenvalue weighted by Crippen LogP contribution is -2.57. The molecule has 0 aromatic carbocycles. The standard InChI is InChI=1S/C13H18N2O3/c1-12(2,11(17)18)13(3,4)15-10(16)9-7-5-6-8-14-9/h5-8H,1-4H3,(H,15,16)(H,17,18). The van der Waals surface area contributed by atoms with Crippen molar-refractivity contribution in [3.05, 3.63) is 30.1 Å². The molecular weight excluding hydrogens is 232 g/mol. The molecule has 1 aromatic rings. The molecule has 0 fully saturated rings. The van der Waals surface area contributed by atoms with Crippen molar-refractivity contribution in [3.63, 3.8) is 0 Å². The fraction of sp³-hybridized carbons (Fsp3) is 0.462. The number of rotatable bonds is 4. The molecule has 0 saturated carbocycles. The molecule has 5 heteroatoms. The van der Waals surface area contributed by atoms with Crippen LogP contribution in [0, 0.1) is 5.41 Å². The number of hydrogen-bond donors (Lipinski definition) is 2. The average Bonchev–Trinajstić information content (AvgIpc) is 2.29. The van der Waals surface area contributed by atoms with Gasteiger partial charge < -0.3 is 10.4 Å². The number of nitrogens with one attached hydrogen (secondary N) is 1. The summed E-state index contributed by atoms with van der Waals surface area (Å²) in [5.74, 6) is -1.34. The minimum absolute atomic E-state index is 0.270. The maximum atomic E-state index is 12.0. The molecule has 0 saturated heterocycles. The molecule has 1 heterocycles. The number of nitrogens with zero attached hydrogens (tertiary/aromatic N) is 1. The lowest BCUT2D eigenvalue weighted by atomic mass is 9.74. The van der Waals surface area contributed by atoms with Crippen molar-refractivity contribution in [2.24, 2.45) is 5.41 Å². The summed E-state index contributed by atoms with van der Waals surface area (Å²) in [6, 6.07) is 5.00. The molecule has 5 nitrogen and oxygen atoms in total. The van der Waals surface area contributed by atoms with Gasteiger partial charge in [-0.3, -0.25) is 14.6 Å². The topological polar surface area (TPSA) is 79.3 Å². The van der Waals surface area contributed by atoms with Crippen LogP contribution >= 0.6 is 0 Å². The van der Waals surface area contributed by atoms with Crippen LogP contribution in [0.1, 0.15) is 38.2 Å². The summed E-state index contributed by atoms with van der Waals surface area (Å²) in [6.07, 6.45) is 1.52. The number of pyridine rings is 1. The van der Waals surface area contributed by atoms with Crippen molar-refractivity contribution in [3.8, 4) is 0 Å². The van der Waals surface area contributed by atoms with E-state index in [2.05, 4.69) is 10.3 Å². The third-order valence-corrected chi connectivity index (χ3v) is 3.42. The Morgan fingerprint density at radius 3 is 2.28 bits per heavy atom. The first kappa shape index (κ1) is 14.2. The number of carbonyl (C=O) groups is 2. The molecular formula is C13H18N2O3. The summed E-state index contributed by atoms with van der Waals surface area (Å²) in [5, 5.41) is 11.9. The van der Waals surface area contributed by atoms with Gasteiger partial charge in [-0.2, -0.15) is 0 Å². The van der Waals surface area contributed by atoms with E-state index in [1.807, 2.05) is 0 Å². The molecule has 0 aliphatic carbocycles. The fourth-order valence-electron chi connectivity index (χ4n) is 1.27. The Morgan fingerprint density at radius 1 is 1.22 bits per heavy atom. The maximum absolute atomic E-state index is 12.0. The zero-order valence-electron chi connectivity index (χ0n) is 11.0. The second-order valence-electron chi connectivity index (χ2n) is 5.22. The van der Waals surface area contributed by atoms with Crippen LogP contribution < -0.4 is 5.32 Å². The Kier molecular flexibility index (Phi) is 3.74. The molecule has 0 unspecified atom stereocenters. The average molecular weight is 250 g/mol. The van der Waals surface area contributed by atoms with Crippen LogP contribution in [0.3, 0.4) is 0 Å². The highest BCUT2D eigenvalue weighted by Gasteiger charge is 2.44. The van der Waals surface area contributed by atoms with Gasteiger partial charge in [0.15, 0.2) is 0 Å². The fourth-order valence-corrected chi connectivity index (χ4v) is 1.27. The van der Waals surface area contributed by atoms with E-state index in [1.54, 1.807) is 45.9 Å². The zero-order valence-corrected chi connectivity index (χ0v) is 11.0. The molecule has 18 heavy (non-hydrogen) atoms. The van der Waals surface area contributed by atoms with E-state index in [4.69, 9.17) is 0 Å². The summed E-state index contributed by atoms with van der Waals surface area (Å²) >= 11 is 0. The van der Waals surface area contributed by atoms with Gasteiger partial charge in [-0.15, -0.1) is 0 Å². The molecule has 0 bridgehead atoms. The van der Waals surface area contributed by atoms with Crippen LogP contribution in [0.4, 0.5) is 0 Å². The highest BCUT2D eigenvalue weighted by molar-refractivity contribution is 5.93. The Morgan fingerprint density at radius 2 is 1.83 bits per heavy atom. The number of carboxylic acids is 1. The van der Waals surface area contributed by atoms with Gasteiger partial charge in [0.25, 0.3) is 5.91 Å². The summed E-state index contributed by atoms with van der Waals surface area (Å²) in [4.78, 5) is 27.1. The molecule has 0 spiro atoms. The second-order valence-corrected chi connectivity index (χ2v) is 5.22. The molecule has 1 rings (SSSR count). The van der Waals surface area contributed by atoms with Crippen LogP contribution in [-0.4, -0.2) is 27.5 Å². The van der Waals surface area contributed by atoms with Gasteiger partial charge in [0, 0.05) is 6.20 Å². The zero-order chi connectivity index (χ0) is 14.0. The van der Waals surface area contributed by atoms with Crippen LogP contribution in [0.15, 0.2) is 24.4 Å². The maximum Gasteiger partial charge on any atom is 0.311 e. The minimum atomic E-state index is -1.09. The quantitative estimate of drug-likeness (QED) is 0.852. The van der Waals surface area contributed by atoms with Gasteiger partial charge >= 0.3 is 5.97 Å². The third kappa shape index (κ3) is 2.67. The van der Waals surface area contributed by atoms with Crippen molar-refractivity contribution >= 4 is 11.9 Å². The first-order valence-electron chi connectivity index (χ1n) is 5.65. The molecule has 0 atom stereocenters. The highest BCUT2D eigenvalue weighted by atomic mass is 16.4. The van der Waals surface area contributed by atoms with E-state index in [9.17, 15) is 14.7 Å². The van der Waals surface area contributed by atoms with Gasteiger partial charge in [0.05, 0.1) is 11.0 Å². The lowest BCUT2D eigenvalue weighted by molar-refractivity contribution is -0.150. The van der Waals surface area contributed by atoms with Crippen molar-refractivity contribution in [2.45, 2.75) is 33.2 Å². The Bertz CT molecular complexity index is 453. The monoisotopic (exact) mass is 250 g/mol. The molecule has 0 aliphatic rings. The summed E-state index contributed by atoms with van der Waals surface area (Å²) < 4.78 is 0. The van der Waals surface area contributed by atoms with Crippen LogP contribution in [0.25, 0.3) is 0 Å².